The van der Waals surface area contributed by atoms with Gasteiger partial charge in [-0.05, 0) is 67.3 Å². The zero-order valence-corrected chi connectivity index (χ0v) is 14.5. The molecule has 0 saturated carbocycles. The minimum Gasteiger partial charge on any atom is -0.310 e. The maximum absolute atomic E-state index is 4.03. The molecular formula is C19H24BrN. The first-order valence-electron chi connectivity index (χ1n) is 7.67. The Hall–Kier alpha value is -1.12. The van der Waals surface area contributed by atoms with Crippen LogP contribution in [0.2, 0.25) is 0 Å². The molecule has 1 nitrogen and oxygen atoms in total. The van der Waals surface area contributed by atoms with Crippen LogP contribution in [0, 0.1) is 0 Å². The zero-order chi connectivity index (χ0) is 15.2. The van der Waals surface area contributed by atoms with E-state index in [0.717, 1.165) is 30.3 Å². The Bertz CT molecular complexity index is 618. The van der Waals surface area contributed by atoms with E-state index in [1.807, 2.05) is 0 Å². The molecular weight excluding hydrogens is 322 g/mol. The van der Waals surface area contributed by atoms with Gasteiger partial charge in [-0.2, -0.15) is 0 Å². The second-order valence-corrected chi connectivity index (χ2v) is 6.67. The summed E-state index contributed by atoms with van der Waals surface area (Å²) in [6.07, 6.45) is 3.33. The highest BCUT2D eigenvalue weighted by molar-refractivity contribution is 9.10. The molecule has 21 heavy (non-hydrogen) atoms. The Balaban J connectivity index is 2.25. The second kappa shape index (κ2) is 7.77. The fraction of sp³-hybridized carbons (Fsp3) is 0.368. The third-order valence-corrected chi connectivity index (χ3v) is 4.22. The maximum Gasteiger partial charge on any atom is 0.0323 e. The van der Waals surface area contributed by atoms with E-state index < -0.39 is 0 Å². The van der Waals surface area contributed by atoms with Crippen molar-refractivity contribution in [2.75, 3.05) is 6.54 Å². The molecule has 0 spiro atoms. The minimum atomic E-state index is 0.412. The number of nitrogens with one attached hydrogen (secondary N) is 1. The predicted molar refractivity (Wildman–Crippen MR) is 96.7 cm³/mol. The number of fused-ring (bicyclic) bond motifs is 1. The van der Waals surface area contributed by atoms with Gasteiger partial charge in [-0.15, -0.1) is 6.58 Å². The van der Waals surface area contributed by atoms with Crippen LogP contribution in [0.1, 0.15) is 44.7 Å². The van der Waals surface area contributed by atoms with Gasteiger partial charge in [0.05, 0.1) is 0 Å². The molecule has 1 unspecified atom stereocenters. The summed E-state index contributed by atoms with van der Waals surface area (Å²) < 4.78 is 1.13. The lowest BCUT2D eigenvalue weighted by Gasteiger charge is -2.20. The number of rotatable bonds is 7. The van der Waals surface area contributed by atoms with Gasteiger partial charge in [0.15, 0.2) is 0 Å². The van der Waals surface area contributed by atoms with E-state index in [-0.39, 0.29) is 0 Å². The molecule has 0 heterocycles. The average molecular weight is 346 g/mol. The number of hydrogen-bond acceptors (Lipinski definition) is 1. The molecule has 2 aromatic rings. The van der Waals surface area contributed by atoms with Gasteiger partial charge >= 0.3 is 0 Å². The fourth-order valence-corrected chi connectivity index (χ4v) is 2.93. The lowest BCUT2D eigenvalue weighted by Crippen LogP contribution is -2.22. The van der Waals surface area contributed by atoms with Crippen molar-refractivity contribution < 1.29 is 0 Å². The lowest BCUT2D eigenvalue weighted by atomic mass is 9.97. The molecule has 112 valence electrons. The molecule has 0 amide bonds. The van der Waals surface area contributed by atoms with Crippen LogP contribution in [0.5, 0.6) is 0 Å². The molecule has 1 atom stereocenters. The maximum atomic E-state index is 4.03. The molecule has 0 bridgehead atoms. The highest BCUT2D eigenvalue weighted by Crippen LogP contribution is 2.26. The highest BCUT2D eigenvalue weighted by Gasteiger charge is 2.11. The second-order valence-electron chi connectivity index (χ2n) is 5.75. The first-order valence-corrected chi connectivity index (χ1v) is 8.46. The minimum absolute atomic E-state index is 0.412. The molecule has 0 aliphatic carbocycles. The van der Waals surface area contributed by atoms with Crippen LogP contribution in [-0.2, 0) is 0 Å². The van der Waals surface area contributed by atoms with Crippen molar-refractivity contribution in [2.45, 2.75) is 39.2 Å². The van der Waals surface area contributed by atoms with Gasteiger partial charge < -0.3 is 5.32 Å². The first-order chi connectivity index (χ1) is 10.1. The van der Waals surface area contributed by atoms with Crippen molar-refractivity contribution in [3.63, 3.8) is 0 Å². The quantitative estimate of drug-likeness (QED) is 0.606. The summed E-state index contributed by atoms with van der Waals surface area (Å²) in [6.45, 7) is 9.40. The van der Waals surface area contributed by atoms with Crippen molar-refractivity contribution >= 4 is 26.7 Å². The van der Waals surface area contributed by atoms with E-state index in [0.29, 0.717) is 6.04 Å². The van der Waals surface area contributed by atoms with E-state index in [9.17, 15) is 0 Å². The molecule has 2 aromatic carbocycles. The van der Waals surface area contributed by atoms with Gasteiger partial charge in [-0.3, -0.25) is 0 Å². The molecule has 1 N–H and O–H groups in total. The molecule has 0 aliphatic rings. The molecule has 2 heteroatoms. The topological polar surface area (TPSA) is 12.0 Å². The summed E-state index contributed by atoms with van der Waals surface area (Å²) in [6, 6.07) is 13.6. The molecule has 0 radical (unpaired) electrons. The summed E-state index contributed by atoms with van der Waals surface area (Å²) in [5.74, 6) is 0. The Morgan fingerprint density at radius 2 is 1.90 bits per heavy atom. The standard InChI is InChI=1S/C19H24BrN/c1-4-11-21-19(10-5-14(2)3)17-7-6-16-13-18(20)9-8-15(16)12-17/h6-9,12-13,19,21H,2,4-5,10-11H2,1,3H3. The van der Waals surface area contributed by atoms with Gasteiger partial charge in [0.25, 0.3) is 0 Å². The average Bonchev–Trinajstić information content (AvgIpc) is 2.46. The van der Waals surface area contributed by atoms with E-state index in [4.69, 9.17) is 0 Å². The predicted octanol–water partition coefficient (Wildman–Crippen LogP) is 6.00. The van der Waals surface area contributed by atoms with Crippen LogP contribution in [0.3, 0.4) is 0 Å². The van der Waals surface area contributed by atoms with Crippen molar-refractivity contribution in [1.82, 2.24) is 5.32 Å². The molecule has 0 aliphatic heterocycles. The van der Waals surface area contributed by atoms with Gasteiger partial charge in [0.1, 0.15) is 0 Å². The molecule has 0 fully saturated rings. The third-order valence-electron chi connectivity index (χ3n) is 3.73. The van der Waals surface area contributed by atoms with Gasteiger partial charge in [-0.1, -0.05) is 46.6 Å². The van der Waals surface area contributed by atoms with Crippen molar-refractivity contribution in [3.8, 4) is 0 Å². The normalized spacial score (nSPS) is 12.5. The summed E-state index contributed by atoms with van der Waals surface area (Å²) in [5, 5.41) is 6.25. The van der Waals surface area contributed by atoms with E-state index >= 15 is 0 Å². The Kier molecular flexibility index (Phi) is 6.01. The first kappa shape index (κ1) is 16.3. The SMILES string of the molecule is C=C(C)CCC(NCCC)c1ccc2cc(Br)ccc2c1. The smallest absolute Gasteiger partial charge is 0.0323 e. The molecule has 0 saturated heterocycles. The van der Waals surface area contributed by atoms with Crippen LogP contribution >= 0.6 is 15.9 Å². The van der Waals surface area contributed by atoms with Crippen LogP contribution in [-0.4, -0.2) is 6.54 Å². The highest BCUT2D eigenvalue weighted by atomic mass is 79.9. The molecule has 2 rings (SSSR count). The van der Waals surface area contributed by atoms with Crippen molar-refractivity contribution in [3.05, 3.63) is 58.6 Å². The Labute approximate surface area is 136 Å². The van der Waals surface area contributed by atoms with E-state index in [1.54, 1.807) is 0 Å². The fourth-order valence-electron chi connectivity index (χ4n) is 2.55. The monoisotopic (exact) mass is 345 g/mol. The molecule has 0 aromatic heterocycles. The van der Waals surface area contributed by atoms with E-state index in [1.165, 1.54) is 21.9 Å². The van der Waals surface area contributed by atoms with Gasteiger partial charge in [0.2, 0.25) is 0 Å². The summed E-state index contributed by atoms with van der Waals surface area (Å²) in [5.41, 5.74) is 2.63. The van der Waals surface area contributed by atoms with Crippen LogP contribution in [0.4, 0.5) is 0 Å². The summed E-state index contributed by atoms with van der Waals surface area (Å²) in [4.78, 5) is 0. The van der Waals surface area contributed by atoms with Crippen molar-refractivity contribution in [2.24, 2.45) is 0 Å². The van der Waals surface area contributed by atoms with Crippen molar-refractivity contribution in [1.29, 1.82) is 0 Å². The van der Waals surface area contributed by atoms with Gasteiger partial charge in [-0.25, -0.2) is 0 Å². The van der Waals surface area contributed by atoms with Crippen LogP contribution < -0.4 is 5.32 Å². The van der Waals surface area contributed by atoms with Crippen LogP contribution in [0.15, 0.2) is 53.0 Å². The van der Waals surface area contributed by atoms with Crippen LogP contribution in [0.25, 0.3) is 10.8 Å². The van der Waals surface area contributed by atoms with E-state index in [2.05, 4.69) is 78.1 Å². The third kappa shape index (κ3) is 4.69. The number of benzene rings is 2. The number of halogens is 1. The zero-order valence-electron chi connectivity index (χ0n) is 13.0. The summed E-state index contributed by atoms with van der Waals surface area (Å²) >= 11 is 3.53. The Morgan fingerprint density at radius 3 is 2.62 bits per heavy atom. The largest absolute Gasteiger partial charge is 0.310 e. The Morgan fingerprint density at radius 1 is 1.19 bits per heavy atom. The lowest BCUT2D eigenvalue weighted by molar-refractivity contribution is 0.499. The number of hydrogen-bond donors (Lipinski definition) is 1. The number of allylic oxidation sites excluding steroid dienone is 1. The summed E-state index contributed by atoms with van der Waals surface area (Å²) in [7, 11) is 0. The van der Waals surface area contributed by atoms with Gasteiger partial charge in [0, 0.05) is 10.5 Å².